The van der Waals surface area contributed by atoms with Crippen LogP contribution < -0.4 is 10.1 Å². The first-order valence-electron chi connectivity index (χ1n) is 8.87. The summed E-state index contributed by atoms with van der Waals surface area (Å²) in [7, 11) is 3.00. The van der Waals surface area contributed by atoms with Gasteiger partial charge in [-0.15, -0.1) is 0 Å². The zero-order valence-electron chi connectivity index (χ0n) is 16.2. The van der Waals surface area contributed by atoms with Crippen molar-refractivity contribution in [2.75, 3.05) is 32.6 Å². The first-order chi connectivity index (χ1) is 13.4. The number of likely N-dealkylation sites (N-methyl/N-ethyl adjacent to an activating group) is 1. The molecule has 0 saturated carbocycles. The fourth-order valence-electron chi connectivity index (χ4n) is 2.40. The summed E-state index contributed by atoms with van der Waals surface area (Å²) in [5, 5.41) is 2.68. The maximum atomic E-state index is 12.1. The molecular formula is C21H24N2O5. The summed E-state index contributed by atoms with van der Waals surface area (Å²) in [6.07, 6.45) is 0.871. The van der Waals surface area contributed by atoms with Gasteiger partial charge in [-0.3, -0.25) is 9.59 Å². The number of benzene rings is 2. The predicted molar refractivity (Wildman–Crippen MR) is 105 cm³/mol. The van der Waals surface area contributed by atoms with Crippen molar-refractivity contribution in [1.82, 2.24) is 4.90 Å². The minimum Gasteiger partial charge on any atom is -0.497 e. The Labute approximate surface area is 164 Å². The second-order valence-electron chi connectivity index (χ2n) is 6.16. The molecule has 0 aliphatic rings. The summed E-state index contributed by atoms with van der Waals surface area (Å²) in [4.78, 5) is 37.4. The van der Waals surface area contributed by atoms with E-state index in [0.29, 0.717) is 17.0 Å². The van der Waals surface area contributed by atoms with Gasteiger partial charge in [-0.05, 0) is 36.2 Å². The van der Waals surface area contributed by atoms with Gasteiger partial charge in [-0.25, -0.2) is 4.79 Å². The molecule has 0 fully saturated rings. The minimum atomic E-state index is -0.578. The molecule has 2 aromatic rings. The van der Waals surface area contributed by atoms with E-state index in [4.69, 9.17) is 9.47 Å². The highest BCUT2D eigenvalue weighted by Crippen LogP contribution is 2.16. The number of anilines is 1. The highest BCUT2D eigenvalue weighted by molar-refractivity contribution is 5.95. The lowest BCUT2D eigenvalue weighted by Gasteiger charge is -2.17. The second kappa shape index (κ2) is 10.1. The lowest BCUT2D eigenvalue weighted by Crippen LogP contribution is -2.37. The molecule has 2 amide bonds. The van der Waals surface area contributed by atoms with Gasteiger partial charge < -0.3 is 19.7 Å². The van der Waals surface area contributed by atoms with Crippen LogP contribution in [-0.2, 0) is 20.7 Å². The number of nitrogens with one attached hydrogen (secondary N) is 1. The number of methoxy groups -OCH3 is 1. The van der Waals surface area contributed by atoms with E-state index in [0.717, 1.165) is 12.0 Å². The van der Waals surface area contributed by atoms with E-state index in [1.54, 1.807) is 36.4 Å². The Morgan fingerprint density at radius 3 is 2.43 bits per heavy atom. The monoisotopic (exact) mass is 384 g/mol. The molecule has 0 spiro atoms. The molecule has 2 aromatic carbocycles. The van der Waals surface area contributed by atoms with E-state index in [1.807, 2.05) is 19.1 Å². The van der Waals surface area contributed by atoms with Crippen LogP contribution in [0, 0.1) is 0 Å². The second-order valence-corrected chi connectivity index (χ2v) is 6.16. The van der Waals surface area contributed by atoms with Gasteiger partial charge in [-0.2, -0.15) is 0 Å². The number of amides is 2. The first-order valence-corrected chi connectivity index (χ1v) is 8.87. The van der Waals surface area contributed by atoms with Crippen LogP contribution in [0.2, 0.25) is 0 Å². The van der Waals surface area contributed by atoms with E-state index in [9.17, 15) is 14.4 Å². The van der Waals surface area contributed by atoms with Crippen molar-refractivity contribution >= 4 is 23.5 Å². The Hall–Kier alpha value is -3.35. The minimum absolute atomic E-state index is 0.168. The lowest BCUT2D eigenvalue weighted by molar-refractivity contribution is -0.136. The molecule has 0 aliphatic heterocycles. The standard InChI is InChI=1S/C21H24N2O5/c1-4-15-8-10-16(11-9-15)21(26)28-14-20(25)23(2)13-19(24)22-17-6-5-7-18(12-17)27-3/h5-12H,4,13-14H2,1-3H3,(H,22,24). The molecule has 0 aromatic heterocycles. The molecule has 7 heteroatoms. The zero-order chi connectivity index (χ0) is 20.5. The number of aryl methyl sites for hydroxylation is 1. The quantitative estimate of drug-likeness (QED) is 0.707. The van der Waals surface area contributed by atoms with Crippen molar-refractivity contribution in [2.45, 2.75) is 13.3 Å². The molecule has 148 valence electrons. The molecule has 28 heavy (non-hydrogen) atoms. The van der Waals surface area contributed by atoms with Crippen LogP contribution in [0.15, 0.2) is 48.5 Å². The average molecular weight is 384 g/mol. The smallest absolute Gasteiger partial charge is 0.338 e. The summed E-state index contributed by atoms with van der Waals surface area (Å²) in [5.74, 6) is -0.809. The number of esters is 1. The normalized spacial score (nSPS) is 10.1. The van der Waals surface area contributed by atoms with E-state index in [2.05, 4.69) is 5.32 Å². The van der Waals surface area contributed by atoms with Crippen molar-refractivity contribution in [3.05, 3.63) is 59.7 Å². The van der Waals surface area contributed by atoms with Crippen molar-refractivity contribution in [1.29, 1.82) is 0 Å². The number of carbonyl (C=O) groups excluding carboxylic acids is 3. The Balaban J connectivity index is 1.81. The van der Waals surface area contributed by atoms with Crippen LogP contribution in [0.4, 0.5) is 5.69 Å². The number of carbonyl (C=O) groups is 3. The molecular weight excluding hydrogens is 360 g/mol. The third-order valence-corrected chi connectivity index (χ3v) is 4.08. The maximum absolute atomic E-state index is 12.1. The van der Waals surface area contributed by atoms with Crippen molar-refractivity contribution in [3.8, 4) is 5.75 Å². The van der Waals surface area contributed by atoms with Gasteiger partial charge >= 0.3 is 5.97 Å². The highest BCUT2D eigenvalue weighted by Gasteiger charge is 2.16. The summed E-state index contributed by atoms with van der Waals surface area (Å²) in [6.45, 7) is 1.42. The van der Waals surface area contributed by atoms with Crippen molar-refractivity contribution in [2.24, 2.45) is 0 Å². The van der Waals surface area contributed by atoms with Gasteiger partial charge in [0.2, 0.25) is 5.91 Å². The predicted octanol–water partition coefficient (Wildman–Crippen LogP) is 2.51. The summed E-state index contributed by atoms with van der Waals surface area (Å²) >= 11 is 0. The largest absolute Gasteiger partial charge is 0.497 e. The van der Waals surface area contributed by atoms with Crippen LogP contribution in [0.3, 0.4) is 0 Å². The molecule has 0 unspecified atom stereocenters. The molecule has 0 atom stereocenters. The average Bonchev–Trinajstić information content (AvgIpc) is 2.71. The summed E-state index contributed by atoms with van der Waals surface area (Å²) < 4.78 is 10.1. The molecule has 0 radical (unpaired) electrons. The Bertz CT molecular complexity index is 833. The molecule has 1 N–H and O–H groups in total. The SMILES string of the molecule is CCc1ccc(C(=O)OCC(=O)N(C)CC(=O)Nc2cccc(OC)c2)cc1. The number of hydrogen-bond donors (Lipinski definition) is 1. The number of rotatable bonds is 8. The summed E-state index contributed by atoms with van der Waals surface area (Å²) in [6, 6.07) is 13.9. The molecule has 0 bridgehead atoms. The maximum Gasteiger partial charge on any atom is 0.338 e. The van der Waals surface area contributed by atoms with E-state index in [-0.39, 0.29) is 12.5 Å². The van der Waals surface area contributed by atoms with Crippen LogP contribution in [0.5, 0.6) is 5.75 Å². The first kappa shape index (κ1) is 21.0. The zero-order valence-corrected chi connectivity index (χ0v) is 16.2. The van der Waals surface area contributed by atoms with Gasteiger partial charge in [0, 0.05) is 18.8 Å². The van der Waals surface area contributed by atoms with Crippen LogP contribution in [0.25, 0.3) is 0 Å². The third kappa shape index (κ3) is 6.12. The Morgan fingerprint density at radius 1 is 1.07 bits per heavy atom. The van der Waals surface area contributed by atoms with Crippen LogP contribution in [-0.4, -0.2) is 50.0 Å². The molecule has 0 heterocycles. The Kier molecular flexibility index (Phi) is 7.56. The van der Waals surface area contributed by atoms with Crippen molar-refractivity contribution in [3.63, 3.8) is 0 Å². The van der Waals surface area contributed by atoms with E-state index >= 15 is 0 Å². The van der Waals surface area contributed by atoms with Gasteiger partial charge in [0.25, 0.3) is 5.91 Å². The number of hydrogen-bond acceptors (Lipinski definition) is 5. The van der Waals surface area contributed by atoms with Gasteiger partial charge in [0.1, 0.15) is 5.75 Å². The van der Waals surface area contributed by atoms with E-state index < -0.39 is 18.5 Å². The molecule has 7 nitrogen and oxygen atoms in total. The van der Waals surface area contributed by atoms with Gasteiger partial charge in [0.15, 0.2) is 6.61 Å². The topological polar surface area (TPSA) is 84.9 Å². The summed E-state index contributed by atoms with van der Waals surface area (Å²) in [5.41, 5.74) is 2.05. The number of ether oxygens (including phenoxy) is 2. The van der Waals surface area contributed by atoms with E-state index in [1.165, 1.54) is 19.1 Å². The van der Waals surface area contributed by atoms with Gasteiger partial charge in [0.05, 0.1) is 19.2 Å². The fraction of sp³-hybridized carbons (Fsp3) is 0.286. The Morgan fingerprint density at radius 2 is 1.79 bits per heavy atom. The van der Waals surface area contributed by atoms with Crippen LogP contribution >= 0.6 is 0 Å². The molecule has 0 aliphatic carbocycles. The van der Waals surface area contributed by atoms with Crippen molar-refractivity contribution < 1.29 is 23.9 Å². The highest BCUT2D eigenvalue weighted by atomic mass is 16.5. The molecule has 0 saturated heterocycles. The van der Waals surface area contributed by atoms with Gasteiger partial charge in [-0.1, -0.05) is 25.1 Å². The fourth-order valence-corrected chi connectivity index (χ4v) is 2.40. The third-order valence-electron chi connectivity index (χ3n) is 4.08. The van der Waals surface area contributed by atoms with Crippen LogP contribution in [0.1, 0.15) is 22.8 Å². The molecule has 2 rings (SSSR count). The number of nitrogens with zero attached hydrogens (tertiary/aromatic N) is 1. The lowest BCUT2D eigenvalue weighted by atomic mass is 10.1.